The highest BCUT2D eigenvalue weighted by Crippen LogP contribution is 2.44. The van der Waals surface area contributed by atoms with Gasteiger partial charge >= 0.3 is 0 Å². The zero-order valence-electron chi connectivity index (χ0n) is 18.1. The van der Waals surface area contributed by atoms with E-state index in [9.17, 15) is 9.59 Å². The molecule has 0 saturated heterocycles. The Balaban J connectivity index is 1.52. The fraction of sp³-hybridized carbons (Fsp3) is 0.185. The molecular formula is C27H22N2O3S. The van der Waals surface area contributed by atoms with Crippen LogP contribution in [-0.2, 0) is 4.79 Å². The number of Topliss-reactive ketones (excluding diaryl/α,β-unsaturated/α-hetero) is 1. The molecule has 0 fully saturated rings. The lowest BCUT2D eigenvalue weighted by Crippen LogP contribution is -2.27. The van der Waals surface area contributed by atoms with Gasteiger partial charge in [0.1, 0.15) is 17.4 Å². The summed E-state index contributed by atoms with van der Waals surface area (Å²) in [5.74, 6) is 0.658. The summed E-state index contributed by atoms with van der Waals surface area (Å²) in [5, 5.41) is 9.61. The van der Waals surface area contributed by atoms with E-state index in [1.54, 1.807) is 11.3 Å². The first-order chi connectivity index (χ1) is 16.1. The van der Waals surface area contributed by atoms with Gasteiger partial charge in [0.25, 0.3) is 0 Å². The molecule has 2 aromatic heterocycles. The number of ketones is 1. The van der Waals surface area contributed by atoms with Gasteiger partial charge in [-0.3, -0.25) is 9.59 Å². The van der Waals surface area contributed by atoms with Gasteiger partial charge in [0.05, 0.1) is 16.8 Å². The van der Waals surface area contributed by atoms with E-state index in [0.717, 1.165) is 29.1 Å². The fourth-order valence-corrected chi connectivity index (χ4v) is 5.69. The minimum Gasteiger partial charge on any atom is -0.458 e. The molecule has 0 bridgehead atoms. The predicted octanol–water partition coefficient (Wildman–Crippen LogP) is 6.14. The second-order valence-corrected chi connectivity index (χ2v) is 9.68. The summed E-state index contributed by atoms with van der Waals surface area (Å²) in [6.45, 7) is 1.95. The van der Waals surface area contributed by atoms with E-state index >= 15 is 0 Å². The zero-order valence-corrected chi connectivity index (χ0v) is 18.9. The molecular weight excluding hydrogens is 432 g/mol. The summed E-state index contributed by atoms with van der Waals surface area (Å²) in [4.78, 5) is 27.7. The average Bonchev–Trinajstić information content (AvgIpc) is 3.28. The third-order valence-electron chi connectivity index (χ3n) is 6.44. The average molecular weight is 455 g/mol. The number of hydrogen-bond donors (Lipinski definition) is 2. The molecule has 4 aromatic rings. The van der Waals surface area contributed by atoms with Gasteiger partial charge in [-0.15, -0.1) is 11.3 Å². The summed E-state index contributed by atoms with van der Waals surface area (Å²) in [7, 11) is 0. The number of para-hydroxylation sites is 2. The highest BCUT2D eigenvalue weighted by molar-refractivity contribution is 7.10. The number of aryl methyl sites for hydroxylation is 1. The van der Waals surface area contributed by atoms with Crippen LogP contribution < -0.4 is 16.1 Å². The normalized spacial score (nSPS) is 20.0. The number of fused-ring (bicyclic) bond motifs is 2. The monoisotopic (exact) mass is 454 g/mol. The van der Waals surface area contributed by atoms with E-state index in [0.29, 0.717) is 28.7 Å². The van der Waals surface area contributed by atoms with Crippen molar-refractivity contribution < 1.29 is 9.21 Å². The number of anilines is 2. The van der Waals surface area contributed by atoms with Crippen LogP contribution in [0.25, 0.3) is 11.0 Å². The molecule has 164 valence electrons. The van der Waals surface area contributed by atoms with Crippen LogP contribution in [0.4, 0.5) is 11.4 Å². The predicted molar refractivity (Wildman–Crippen MR) is 132 cm³/mol. The van der Waals surface area contributed by atoms with Gasteiger partial charge in [0.2, 0.25) is 0 Å². The summed E-state index contributed by atoms with van der Waals surface area (Å²) >= 11 is 1.69. The molecule has 2 atom stereocenters. The van der Waals surface area contributed by atoms with Crippen molar-refractivity contribution in [2.24, 2.45) is 0 Å². The van der Waals surface area contributed by atoms with E-state index in [-0.39, 0.29) is 17.1 Å². The van der Waals surface area contributed by atoms with E-state index in [2.05, 4.69) is 22.1 Å². The molecule has 0 amide bonds. The largest absolute Gasteiger partial charge is 0.458 e. The minimum absolute atomic E-state index is 0.0686. The molecule has 5 nitrogen and oxygen atoms in total. The number of benzene rings is 2. The van der Waals surface area contributed by atoms with Crippen LogP contribution in [0.1, 0.15) is 41.0 Å². The van der Waals surface area contributed by atoms with Crippen molar-refractivity contribution in [3.8, 4) is 0 Å². The Labute approximate surface area is 194 Å². The Bertz CT molecular complexity index is 1480. The minimum atomic E-state index is -0.550. The van der Waals surface area contributed by atoms with Gasteiger partial charge < -0.3 is 15.1 Å². The molecule has 1 aliphatic carbocycles. The number of rotatable bonds is 2. The molecule has 2 aliphatic rings. The number of carbonyl (C=O) groups is 1. The molecule has 0 saturated carbocycles. The third-order valence-corrected chi connectivity index (χ3v) is 7.48. The molecule has 2 N–H and O–H groups in total. The van der Waals surface area contributed by atoms with Gasteiger partial charge in [-0.25, -0.2) is 0 Å². The van der Waals surface area contributed by atoms with E-state index in [4.69, 9.17) is 4.42 Å². The SMILES string of the molecule is Cc1ccc2oc([C@@H]3Nc4ccccc4NC4=C3C(=O)C[C@H](c3cccs3)C4)cc(=O)c2c1. The summed E-state index contributed by atoms with van der Waals surface area (Å²) < 4.78 is 6.23. The second kappa shape index (κ2) is 7.74. The van der Waals surface area contributed by atoms with Gasteiger partial charge in [-0.2, -0.15) is 0 Å². The molecule has 2 aromatic carbocycles. The number of nitrogens with one attached hydrogen (secondary N) is 2. The van der Waals surface area contributed by atoms with Crippen molar-refractivity contribution in [1.82, 2.24) is 0 Å². The van der Waals surface area contributed by atoms with Crippen LogP contribution in [-0.4, -0.2) is 5.78 Å². The summed E-state index contributed by atoms with van der Waals surface area (Å²) in [6.07, 6.45) is 1.16. The second-order valence-electron chi connectivity index (χ2n) is 8.70. The van der Waals surface area contributed by atoms with Crippen molar-refractivity contribution in [3.63, 3.8) is 0 Å². The van der Waals surface area contributed by atoms with Crippen molar-refractivity contribution in [2.75, 3.05) is 10.6 Å². The van der Waals surface area contributed by atoms with Crippen molar-refractivity contribution in [1.29, 1.82) is 0 Å². The van der Waals surface area contributed by atoms with Crippen molar-refractivity contribution in [2.45, 2.75) is 31.7 Å². The van der Waals surface area contributed by atoms with Crippen molar-refractivity contribution in [3.05, 3.63) is 104 Å². The Hall–Kier alpha value is -3.64. The molecule has 0 spiro atoms. The van der Waals surface area contributed by atoms with Crippen LogP contribution in [0.2, 0.25) is 0 Å². The maximum atomic E-state index is 13.6. The first-order valence-corrected chi connectivity index (χ1v) is 11.9. The maximum Gasteiger partial charge on any atom is 0.193 e. The number of thiophene rings is 1. The smallest absolute Gasteiger partial charge is 0.193 e. The van der Waals surface area contributed by atoms with Gasteiger partial charge in [0.15, 0.2) is 11.2 Å². The number of carbonyl (C=O) groups excluding carboxylic acids is 1. The zero-order chi connectivity index (χ0) is 22.5. The molecule has 3 heterocycles. The quantitative estimate of drug-likeness (QED) is 0.381. The molecule has 6 heteroatoms. The number of hydrogen-bond acceptors (Lipinski definition) is 6. The highest BCUT2D eigenvalue weighted by atomic mass is 32.1. The first kappa shape index (κ1) is 20.0. The van der Waals surface area contributed by atoms with Gasteiger partial charge in [0, 0.05) is 34.6 Å². The topological polar surface area (TPSA) is 71.3 Å². The summed E-state index contributed by atoms with van der Waals surface area (Å²) in [6, 6.07) is 18.6. The molecule has 0 radical (unpaired) electrons. The van der Waals surface area contributed by atoms with E-state index in [1.807, 2.05) is 55.5 Å². The van der Waals surface area contributed by atoms with Crippen LogP contribution in [0.5, 0.6) is 0 Å². The Kier molecular flexibility index (Phi) is 4.69. The van der Waals surface area contributed by atoms with Gasteiger partial charge in [-0.1, -0.05) is 29.8 Å². The van der Waals surface area contributed by atoms with Crippen LogP contribution >= 0.6 is 11.3 Å². The lowest BCUT2D eigenvalue weighted by molar-refractivity contribution is -0.116. The maximum absolute atomic E-state index is 13.6. The lowest BCUT2D eigenvalue weighted by atomic mass is 9.82. The Morgan fingerprint density at radius 3 is 2.64 bits per heavy atom. The Morgan fingerprint density at radius 1 is 0.970 bits per heavy atom. The third kappa shape index (κ3) is 3.47. The number of allylic oxidation sites excluding steroid dienone is 1. The van der Waals surface area contributed by atoms with Crippen LogP contribution in [0, 0.1) is 6.92 Å². The standard InChI is InChI=1S/C27H22N2O3S/c1-15-8-9-23-17(11-15)21(30)14-24(32-23)27-26-20(28-18-5-2-3-6-19(18)29-27)12-16(13-22(26)31)25-7-4-10-33-25/h2-11,14,16,27-29H,12-13H2,1H3/t16-,27+/m1/s1. The van der Waals surface area contributed by atoms with E-state index in [1.165, 1.54) is 10.9 Å². The Morgan fingerprint density at radius 2 is 1.82 bits per heavy atom. The summed E-state index contributed by atoms with van der Waals surface area (Å²) in [5.41, 5.74) is 4.73. The van der Waals surface area contributed by atoms with Gasteiger partial charge in [-0.05, 0) is 49.1 Å². The van der Waals surface area contributed by atoms with Crippen molar-refractivity contribution >= 4 is 39.5 Å². The highest BCUT2D eigenvalue weighted by Gasteiger charge is 2.37. The molecule has 0 unspecified atom stereocenters. The molecule has 33 heavy (non-hydrogen) atoms. The van der Waals surface area contributed by atoms with E-state index < -0.39 is 6.04 Å². The van der Waals surface area contributed by atoms with Crippen LogP contribution in [0.15, 0.2) is 86.5 Å². The molecule has 1 aliphatic heterocycles. The fourth-order valence-electron chi connectivity index (χ4n) is 4.86. The molecule has 6 rings (SSSR count). The lowest BCUT2D eigenvalue weighted by Gasteiger charge is -2.28. The van der Waals surface area contributed by atoms with Crippen LogP contribution in [0.3, 0.4) is 0 Å². The first-order valence-electron chi connectivity index (χ1n) is 11.0.